The predicted octanol–water partition coefficient (Wildman–Crippen LogP) is 3.79. The van der Waals surface area contributed by atoms with Crippen molar-refractivity contribution in [3.63, 3.8) is 0 Å². The van der Waals surface area contributed by atoms with Crippen LogP contribution in [0.15, 0.2) is 47.4 Å². The molecular formula is C22H28ClN3O4S2. The molecule has 174 valence electrons. The first-order valence-corrected chi connectivity index (χ1v) is 12.4. The Bertz CT molecular complexity index is 1160. The molecule has 0 aliphatic carbocycles. The maximum Gasteiger partial charge on any atom is 0.229 e. The second-order valence-corrected chi connectivity index (χ2v) is 10.6. The Morgan fingerprint density at radius 2 is 1.78 bits per heavy atom. The topological polar surface area (TPSA) is 79.8 Å². The highest BCUT2D eigenvalue weighted by atomic mass is 35.5. The van der Waals surface area contributed by atoms with Crippen LogP contribution in [0.3, 0.4) is 0 Å². The molecule has 32 heavy (non-hydrogen) atoms. The van der Waals surface area contributed by atoms with Crippen LogP contribution in [-0.4, -0.2) is 64.3 Å². The number of aromatic nitrogens is 1. The van der Waals surface area contributed by atoms with Crippen molar-refractivity contribution in [2.24, 2.45) is 0 Å². The van der Waals surface area contributed by atoms with Gasteiger partial charge in [-0.1, -0.05) is 35.6 Å². The van der Waals surface area contributed by atoms with Gasteiger partial charge in [0.25, 0.3) is 0 Å². The molecule has 3 rings (SSSR count). The Balaban J connectivity index is 0.00000363. The summed E-state index contributed by atoms with van der Waals surface area (Å²) in [6, 6.07) is 12.0. The van der Waals surface area contributed by atoms with E-state index < -0.39 is 9.84 Å². The van der Waals surface area contributed by atoms with Crippen molar-refractivity contribution < 1.29 is 17.9 Å². The molecule has 2 aromatic carbocycles. The summed E-state index contributed by atoms with van der Waals surface area (Å²) >= 11 is 1.42. The average Bonchev–Trinajstić information content (AvgIpc) is 3.19. The molecule has 3 aromatic rings. The number of hydrogen-bond donors (Lipinski definition) is 0. The van der Waals surface area contributed by atoms with Gasteiger partial charge >= 0.3 is 0 Å². The minimum Gasteiger partial charge on any atom is -0.494 e. The predicted molar refractivity (Wildman–Crippen MR) is 132 cm³/mol. The van der Waals surface area contributed by atoms with E-state index in [-0.39, 0.29) is 35.4 Å². The number of nitrogens with zero attached hydrogens (tertiary/aromatic N) is 3. The van der Waals surface area contributed by atoms with E-state index in [0.717, 1.165) is 10.3 Å². The van der Waals surface area contributed by atoms with Crippen LogP contribution in [0.25, 0.3) is 10.2 Å². The standard InChI is InChI=1S/C22H27N3O4S2.ClH/c1-16-10-11-18(29-4)20-21(16)30-22(23-20)25(14-13-24(2)3)19(26)12-15-31(27,28)17-8-6-5-7-9-17;/h5-11H,12-15H2,1-4H3;1H. The first kappa shape index (κ1) is 26.1. The fraction of sp³-hybridized carbons (Fsp3) is 0.364. The van der Waals surface area contributed by atoms with Crippen molar-refractivity contribution in [3.8, 4) is 5.75 Å². The van der Waals surface area contributed by atoms with E-state index in [9.17, 15) is 13.2 Å². The van der Waals surface area contributed by atoms with Crippen molar-refractivity contribution >= 4 is 54.8 Å². The number of ether oxygens (including phenoxy) is 1. The van der Waals surface area contributed by atoms with Crippen LogP contribution in [0.1, 0.15) is 12.0 Å². The molecular weight excluding hydrogens is 470 g/mol. The molecule has 0 aliphatic heterocycles. The van der Waals surface area contributed by atoms with Gasteiger partial charge in [0.05, 0.1) is 22.5 Å². The number of sulfone groups is 1. The molecule has 0 spiro atoms. The number of carbonyl (C=O) groups excluding carboxylic acids is 1. The van der Waals surface area contributed by atoms with Gasteiger partial charge in [-0.25, -0.2) is 13.4 Å². The van der Waals surface area contributed by atoms with E-state index in [1.807, 2.05) is 38.1 Å². The monoisotopic (exact) mass is 497 g/mol. The number of likely N-dealkylation sites (N-methyl/N-ethyl adjacent to an activating group) is 1. The Morgan fingerprint density at radius 3 is 2.41 bits per heavy atom. The van der Waals surface area contributed by atoms with Crippen LogP contribution < -0.4 is 9.64 Å². The molecule has 0 fully saturated rings. The summed E-state index contributed by atoms with van der Waals surface area (Å²) in [6.45, 7) is 3.03. The van der Waals surface area contributed by atoms with Crippen LogP contribution >= 0.6 is 23.7 Å². The molecule has 0 radical (unpaired) electrons. The third kappa shape index (κ3) is 5.98. The minimum absolute atomic E-state index is 0. The van der Waals surface area contributed by atoms with Crippen LogP contribution in [0, 0.1) is 6.92 Å². The van der Waals surface area contributed by atoms with Gasteiger partial charge in [-0.2, -0.15) is 0 Å². The zero-order chi connectivity index (χ0) is 22.6. The van der Waals surface area contributed by atoms with Crippen LogP contribution in [0.2, 0.25) is 0 Å². The number of benzene rings is 2. The van der Waals surface area contributed by atoms with Gasteiger partial charge < -0.3 is 9.64 Å². The van der Waals surface area contributed by atoms with Gasteiger partial charge in [-0.15, -0.1) is 12.4 Å². The molecule has 1 amide bonds. The van der Waals surface area contributed by atoms with E-state index in [4.69, 9.17) is 4.74 Å². The lowest BCUT2D eigenvalue weighted by Crippen LogP contribution is -2.37. The summed E-state index contributed by atoms with van der Waals surface area (Å²) in [7, 11) is 1.90. The lowest BCUT2D eigenvalue weighted by molar-refractivity contribution is -0.118. The number of aryl methyl sites for hydroxylation is 1. The van der Waals surface area contributed by atoms with E-state index in [1.54, 1.807) is 42.3 Å². The third-order valence-electron chi connectivity index (χ3n) is 4.90. The maximum atomic E-state index is 13.1. The quantitative estimate of drug-likeness (QED) is 0.447. The number of hydrogen-bond acceptors (Lipinski definition) is 7. The van der Waals surface area contributed by atoms with Crippen LogP contribution in [0.5, 0.6) is 5.75 Å². The van der Waals surface area contributed by atoms with E-state index in [0.29, 0.717) is 29.5 Å². The van der Waals surface area contributed by atoms with Crippen molar-refractivity contribution in [1.82, 2.24) is 9.88 Å². The number of thiazole rings is 1. The molecule has 10 heteroatoms. The molecule has 1 aromatic heterocycles. The molecule has 0 saturated carbocycles. The summed E-state index contributed by atoms with van der Waals surface area (Å²) in [6.07, 6.45) is -0.114. The maximum absolute atomic E-state index is 13.1. The summed E-state index contributed by atoms with van der Waals surface area (Å²) in [5.41, 5.74) is 1.76. The Morgan fingerprint density at radius 1 is 1.09 bits per heavy atom. The van der Waals surface area contributed by atoms with Crippen molar-refractivity contribution in [2.75, 3.05) is 44.9 Å². The Kier molecular flexibility index (Phi) is 9.03. The SMILES string of the molecule is COc1ccc(C)c2sc(N(CCN(C)C)C(=O)CCS(=O)(=O)c3ccccc3)nc12.Cl. The summed E-state index contributed by atoms with van der Waals surface area (Å²) < 4.78 is 31.6. The zero-order valence-electron chi connectivity index (χ0n) is 18.6. The number of rotatable bonds is 9. The molecule has 0 bridgehead atoms. The second-order valence-electron chi connectivity index (χ2n) is 7.49. The van der Waals surface area contributed by atoms with Crippen molar-refractivity contribution in [3.05, 3.63) is 48.0 Å². The number of fused-ring (bicyclic) bond motifs is 1. The van der Waals surface area contributed by atoms with Gasteiger partial charge in [-0.05, 0) is 44.8 Å². The van der Waals surface area contributed by atoms with E-state index in [1.165, 1.54) is 11.3 Å². The number of carbonyl (C=O) groups is 1. The first-order valence-electron chi connectivity index (χ1n) is 9.90. The van der Waals surface area contributed by atoms with E-state index in [2.05, 4.69) is 4.98 Å². The lowest BCUT2D eigenvalue weighted by atomic mass is 10.2. The van der Waals surface area contributed by atoms with Crippen molar-refractivity contribution in [1.29, 1.82) is 0 Å². The summed E-state index contributed by atoms with van der Waals surface area (Å²) in [5, 5.41) is 0.548. The molecule has 0 unspecified atom stereocenters. The zero-order valence-corrected chi connectivity index (χ0v) is 21.0. The van der Waals surface area contributed by atoms with Crippen molar-refractivity contribution in [2.45, 2.75) is 18.2 Å². The smallest absolute Gasteiger partial charge is 0.229 e. The average molecular weight is 498 g/mol. The normalized spacial score (nSPS) is 11.4. The van der Waals surface area contributed by atoms with Gasteiger partial charge in [0, 0.05) is 19.5 Å². The number of halogens is 1. The number of methoxy groups -OCH3 is 1. The van der Waals surface area contributed by atoms with Crippen LogP contribution in [-0.2, 0) is 14.6 Å². The van der Waals surface area contributed by atoms with E-state index >= 15 is 0 Å². The summed E-state index contributed by atoms with van der Waals surface area (Å²) in [4.78, 5) is 21.6. The number of anilines is 1. The highest BCUT2D eigenvalue weighted by molar-refractivity contribution is 7.91. The molecule has 0 aliphatic rings. The molecule has 0 N–H and O–H groups in total. The molecule has 7 nitrogen and oxygen atoms in total. The largest absolute Gasteiger partial charge is 0.494 e. The van der Waals surface area contributed by atoms with Gasteiger partial charge in [-0.3, -0.25) is 9.69 Å². The minimum atomic E-state index is -3.54. The summed E-state index contributed by atoms with van der Waals surface area (Å²) in [5.74, 6) is 0.133. The highest BCUT2D eigenvalue weighted by Crippen LogP contribution is 2.36. The van der Waals surface area contributed by atoms with Gasteiger partial charge in [0.15, 0.2) is 15.0 Å². The number of amides is 1. The van der Waals surface area contributed by atoms with Gasteiger partial charge in [0.1, 0.15) is 11.3 Å². The fourth-order valence-corrected chi connectivity index (χ4v) is 5.45. The fourth-order valence-electron chi connectivity index (χ4n) is 3.11. The third-order valence-corrected chi connectivity index (χ3v) is 7.85. The Hall–Kier alpha value is -2.20. The molecule has 1 heterocycles. The lowest BCUT2D eigenvalue weighted by Gasteiger charge is -2.22. The van der Waals surface area contributed by atoms with Gasteiger partial charge in [0.2, 0.25) is 5.91 Å². The molecule has 0 saturated heterocycles. The highest BCUT2D eigenvalue weighted by Gasteiger charge is 2.24. The first-order chi connectivity index (χ1) is 14.7. The molecule has 0 atom stereocenters. The Labute approximate surface area is 199 Å². The second kappa shape index (κ2) is 11.1. The van der Waals surface area contributed by atoms with Crippen LogP contribution in [0.4, 0.5) is 5.13 Å².